The summed E-state index contributed by atoms with van der Waals surface area (Å²) in [6, 6.07) is 7.03. The molecule has 0 spiro atoms. The highest BCUT2D eigenvalue weighted by Crippen LogP contribution is 2.33. The van der Waals surface area contributed by atoms with Gasteiger partial charge >= 0.3 is 0 Å². The van der Waals surface area contributed by atoms with Crippen LogP contribution in [-0.4, -0.2) is 86.0 Å². The number of hydrogen-bond acceptors (Lipinski definition) is 7. The van der Waals surface area contributed by atoms with Crippen LogP contribution in [0.3, 0.4) is 0 Å². The zero-order chi connectivity index (χ0) is 18.8. The van der Waals surface area contributed by atoms with Crippen LogP contribution in [0.2, 0.25) is 5.02 Å². The van der Waals surface area contributed by atoms with E-state index in [0.717, 1.165) is 0 Å². The Morgan fingerprint density at radius 3 is 2.62 bits per heavy atom. The predicted molar refractivity (Wildman–Crippen MR) is 97.0 cm³/mol. The van der Waals surface area contributed by atoms with Crippen LogP contribution in [0, 0.1) is 0 Å². The highest BCUT2D eigenvalue weighted by atomic mass is 35.5. The summed E-state index contributed by atoms with van der Waals surface area (Å²) in [5.74, 6) is 0.507. The van der Waals surface area contributed by atoms with Gasteiger partial charge < -0.3 is 35.0 Å². The maximum atomic E-state index is 10.6. The Morgan fingerprint density at radius 1 is 1.19 bits per heavy atom. The van der Waals surface area contributed by atoms with Crippen molar-refractivity contribution in [2.45, 2.75) is 42.1 Å². The molecule has 9 heteroatoms. The standard InChI is InChI=1S/C17H24ClO7S/c18-10-4-2-1-3-9(10)17-24-6-11(20)16(25-17)13(22)8-26-7-12(21)15(23)14(26)5-19/h1-4,11-17,19-23H,5-8H2/q+1/t11-,12-,13-,14-,15+,16+,17?,26?/m1/s1. The zero-order valence-electron chi connectivity index (χ0n) is 14.0. The summed E-state index contributed by atoms with van der Waals surface area (Å²) in [6.45, 7) is -0.284. The van der Waals surface area contributed by atoms with Crippen molar-refractivity contribution in [1.82, 2.24) is 0 Å². The lowest BCUT2D eigenvalue weighted by molar-refractivity contribution is -0.273. The predicted octanol–water partition coefficient (Wildman–Crippen LogP) is -0.810. The molecule has 8 atom stereocenters. The van der Waals surface area contributed by atoms with E-state index in [1.165, 1.54) is 0 Å². The van der Waals surface area contributed by atoms with Gasteiger partial charge in [-0.3, -0.25) is 0 Å². The molecule has 26 heavy (non-hydrogen) atoms. The van der Waals surface area contributed by atoms with Gasteiger partial charge in [-0.2, -0.15) is 0 Å². The Morgan fingerprint density at radius 2 is 1.92 bits per heavy atom. The fourth-order valence-electron chi connectivity index (χ4n) is 3.34. The molecule has 3 rings (SSSR count). The van der Waals surface area contributed by atoms with Gasteiger partial charge in [-0.25, -0.2) is 0 Å². The lowest BCUT2D eigenvalue weighted by atomic mass is 10.1. The Labute approximate surface area is 159 Å². The fourth-order valence-corrected chi connectivity index (χ4v) is 6.24. The molecule has 2 fully saturated rings. The quantitative estimate of drug-likeness (QED) is 0.405. The summed E-state index contributed by atoms with van der Waals surface area (Å²) in [5, 5.41) is 50.0. The first-order valence-corrected chi connectivity index (χ1v) is 10.4. The maximum absolute atomic E-state index is 10.6. The number of hydrogen-bond donors (Lipinski definition) is 5. The molecule has 2 unspecified atom stereocenters. The van der Waals surface area contributed by atoms with Gasteiger partial charge in [0.1, 0.15) is 42.0 Å². The maximum Gasteiger partial charge on any atom is 0.185 e. The first kappa shape index (κ1) is 20.3. The first-order valence-electron chi connectivity index (χ1n) is 8.43. The van der Waals surface area contributed by atoms with Crippen LogP contribution >= 0.6 is 11.6 Å². The molecule has 0 bridgehead atoms. The van der Waals surface area contributed by atoms with Gasteiger partial charge in [0, 0.05) is 21.5 Å². The molecular weight excluding hydrogens is 384 g/mol. The van der Waals surface area contributed by atoms with Gasteiger partial charge in [-0.1, -0.05) is 29.8 Å². The van der Waals surface area contributed by atoms with Crippen molar-refractivity contribution in [3.8, 4) is 0 Å². The third-order valence-corrected chi connectivity index (χ3v) is 7.94. The van der Waals surface area contributed by atoms with Crippen LogP contribution in [0.4, 0.5) is 0 Å². The minimum atomic E-state index is -1.03. The molecule has 0 aromatic heterocycles. The number of aliphatic hydroxyl groups excluding tert-OH is 5. The van der Waals surface area contributed by atoms with Crippen LogP contribution < -0.4 is 0 Å². The van der Waals surface area contributed by atoms with Crippen LogP contribution in [0.25, 0.3) is 0 Å². The summed E-state index contributed by atoms with van der Waals surface area (Å²) in [7, 11) is -0.590. The number of halogens is 1. The molecule has 0 saturated carbocycles. The van der Waals surface area contributed by atoms with Gasteiger partial charge in [0.2, 0.25) is 0 Å². The molecular formula is C17H24ClO7S+. The van der Waals surface area contributed by atoms with E-state index in [1.807, 2.05) is 0 Å². The van der Waals surface area contributed by atoms with Crippen molar-refractivity contribution in [3.05, 3.63) is 34.9 Å². The van der Waals surface area contributed by atoms with Gasteiger partial charge in [-0.15, -0.1) is 0 Å². The van der Waals surface area contributed by atoms with E-state index in [1.54, 1.807) is 24.3 Å². The zero-order valence-corrected chi connectivity index (χ0v) is 15.6. The summed E-state index contributed by atoms with van der Waals surface area (Å²) < 4.78 is 11.3. The minimum Gasteiger partial charge on any atom is -0.391 e. The lowest BCUT2D eigenvalue weighted by Crippen LogP contribution is -2.50. The molecule has 2 aliphatic heterocycles. The monoisotopic (exact) mass is 407 g/mol. The van der Waals surface area contributed by atoms with Crippen LogP contribution in [0.15, 0.2) is 24.3 Å². The Kier molecular flexibility index (Phi) is 6.82. The van der Waals surface area contributed by atoms with Gasteiger partial charge in [-0.05, 0) is 6.07 Å². The Hall–Kier alpha value is -0.420. The normalized spacial score (nSPS) is 39.1. The number of aliphatic hydroxyl groups is 5. The van der Waals surface area contributed by atoms with E-state index in [0.29, 0.717) is 16.3 Å². The summed E-state index contributed by atoms with van der Waals surface area (Å²) in [5.41, 5.74) is 0.612. The largest absolute Gasteiger partial charge is 0.391 e. The Balaban J connectivity index is 1.68. The average Bonchev–Trinajstić information content (AvgIpc) is 2.89. The molecule has 1 aromatic carbocycles. The molecule has 0 amide bonds. The van der Waals surface area contributed by atoms with Crippen LogP contribution in [-0.2, 0) is 20.4 Å². The molecule has 0 aliphatic carbocycles. The van der Waals surface area contributed by atoms with Crippen molar-refractivity contribution in [1.29, 1.82) is 0 Å². The van der Waals surface area contributed by atoms with Crippen molar-refractivity contribution < 1.29 is 35.0 Å². The molecule has 5 N–H and O–H groups in total. The molecule has 2 heterocycles. The third kappa shape index (κ3) is 4.19. The third-order valence-electron chi connectivity index (χ3n) is 4.77. The van der Waals surface area contributed by atoms with E-state index >= 15 is 0 Å². The van der Waals surface area contributed by atoms with Gasteiger partial charge in [0.15, 0.2) is 11.5 Å². The second-order valence-corrected chi connectivity index (χ2v) is 9.33. The van der Waals surface area contributed by atoms with E-state index in [4.69, 9.17) is 21.1 Å². The molecule has 0 radical (unpaired) electrons. The smallest absolute Gasteiger partial charge is 0.185 e. The van der Waals surface area contributed by atoms with E-state index < -0.39 is 53.0 Å². The highest BCUT2D eigenvalue weighted by molar-refractivity contribution is 7.97. The summed E-state index contributed by atoms with van der Waals surface area (Å²) in [6.07, 6.45) is -5.67. The summed E-state index contributed by atoms with van der Waals surface area (Å²) in [4.78, 5) is 0. The number of ether oxygens (including phenoxy) is 2. The second-order valence-electron chi connectivity index (χ2n) is 6.57. The van der Waals surface area contributed by atoms with E-state index in [2.05, 4.69) is 0 Å². The molecule has 146 valence electrons. The molecule has 2 aliphatic rings. The molecule has 2 saturated heterocycles. The Bertz CT molecular complexity index is 606. The van der Waals surface area contributed by atoms with E-state index in [9.17, 15) is 25.5 Å². The number of benzene rings is 1. The molecule has 7 nitrogen and oxygen atoms in total. The first-order chi connectivity index (χ1) is 12.4. The lowest BCUT2D eigenvalue weighted by Gasteiger charge is -2.36. The summed E-state index contributed by atoms with van der Waals surface area (Å²) >= 11 is 6.16. The SMILES string of the molecule is OC[C@@H]1[C@@H](O)[C@H](O)C[S+]1C[C@@H](O)[C@H]1OC(c2ccccc2Cl)OC[C@H]1O. The van der Waals surface area contributed by atoms with Crippen molar-refractivity contribution in [2.24, 2.45) is 0 Å². The topological polar surface area (TPSA) is 120 Å². The minimum absolute atomic E-state index is 0.0138. The van der Waals surface area contributed by atoms with Crippen LogP contribution in [0.1, 0.15) is 11.9 Å². The van der Waals surface area contributed by atoms with Crippen LogP contribution in [0.5, 0.6) is 0 Å². The fraction of sp³-hybridized carbons (Fsp3) is 0.647. The molecule has 1 aromatic rings. The van der Waals surface area contributed by atoms with E-state index in [-0.39, 0.29) is 19.0 Å². The second kappa shape index (κ2) is 8.72. The van der Waals surface area contributed by atoms with Gasteiger partial charge in [0.05, 0.1) is 13.2 Å². The average molecular weight is 408 g/mol. The van der Waals surface area contributed by atoms with Crippen molar-refractivity contribution in [3.63, 3.8) is 0 Å². The number of rotatable bonds is 5. The van der Waals surface area contributed by atoms with Crippen molar-refractivity contribution >= 4 is 22.5 Å². The van der Waals surface area contributed by atoms with Crippen molar-refractivity contribution in [2.75, 3.05) is 24.7 Å². The van der Waals surface area contributed by atoms with Gasteiger partial charge in [0.25, 0.3) is 0 Å². The highest BCUT2D eigenvalue weighted by Gasteiger charge is 2.51.